The normalized spacial score (nSPS) is 24.1. The molecule has 186 valence electrons. The number of hydrogen-bond acceptors (Lipinski definition) is 8. The number of nitrogens with one attached hydrogen (secondary N) is 3. The number of anilines is 3. The number of amides is 1. The smallest absolute Gasteiger partial charge is 0.274 e. The SMILES string of the molecule is CNc1cc(Nc2cccn([C@@H]3CCC[C@H](O)C3)c2=O)nc2c(C(=O)N[C@H]3CC[C@@H]3OC)cnn12. The van der Waals surface area contributed by atoms with E-state index in [2.05, 4.69) is 26.0 Å². The minimum atomic E-state index is -0.384. The van der Waals surface area contributed by atoms with Crippen LogP contribution in [0.5, 0.6) is 0 Å². The molecule has 0 aromatic carbocycles. The zero-order valence-corrected chi connectivity index (χ0v) is 19.9. The van der Waals surface area contributed by atoms with Crippen molar-refractivity contribution in [2.24, 2.45) is 0 Å². The molecule has 2 aliphatic rings. The van der Waals surface area contributed by atoms with E-state index in [9.17, 15) is 14.7 Å². The Labute approximate surface area is 202 Å². The number of hydrogen-bond donors (Lipinski definition) is 4. The van der Waals surface area contributed by atoms with Crippen LogP contribution in [0.2, 0.25) is 0 Å². The number of carbonyl (C=O) groups excluding carboxylic acids is 1. The van der Waals surface area contributed by atoms with Crippen LogP contribution in [0.4, 0.5) is 17.3 Å². The molecule has 11 heteroatoms. The number of aliphatic hydroxyl groups excluding tert-OH is 1. The third-order valence-electron chi connectivity index (χ3n) is 7.05. The summed E-state index contributed by atoms with van der Waals surface area (Å²) in [6.07, 6.45) is 7.75. The van der Waals surface area contributed by atoms with Gasteiger partial charge in [-0.25, -0.2) is 4.98 Å². The largest absolute Gasteiger partial charge is 0.393 e. The van der Waals surface area contributed by atoms with Crippen molar-refractivity contribution in [3.8, 4) is 0 Å². The van der Waals surface area contributed by atoms with Gasteiger partial charge in [-0.05, 0) is 50.7 Å². The molecule has 0 radical (unpaired) electrons. The second kappa shape index (κ2) is 9.67. The van der Waals surface area contributed by atoms with Crippen molar-refractivity contribution in [2.75, 3.05) is 24.8 Å². The van der Waals surface area contributed by atoms with Crippen molar-refractivity contribution in [1.29, 1.82) is 0 Å². The predicted molar refractivity (Wildman–Crippen MR) is 131 cm³/mol. The van der Waals surface area contributed by atoms with Gasteiger partial charge in [0, 0.05) is 32.5 Å². The first-order chi connectivity index (χ1) is 17.0. The number of aromatic nitrogens is 4. The van der Waals surface area contributed by atoms with Crippen molar-refractivity contribution in [2.45, 2.75) is 62.8 Å². The van der Waals surface area contributed by atoms with E-state index in [-0.39, 0.29) is 35.8 Å². The molecule has 2 aliphatic carbocycles. The van der Waals surface area contributed by atoms with Gasteiger partial charge in [0.05, 0.1) is 24.4 Å². The average molecular weight is 482 g/mol. The van der Waals surface area contributed by atoms with E-state index in [0.29, 0.717) is 35.0 Å². The van der Waals surface area contributed by atoms with Gasteiger partial charge in [0.2, 0.25) is 0 Å². The molecule has 0 bridgehead atoms. The molecule has 0 saturated heterocycles. The van der Waals surface area contributed by atoms with Gasteiger partial charge < -0.3 is 30.4 Å². The van der Waals surface area contributed by atoms with Gasteiger partial charge in [-0.1, -0.05) is 0 Å². The second-order valence-corrected chi connectivity index (χ2v) is 9.24. The number of aliphatic hydroxyl groups is 1. The van der Waals surface area contributed by atoms with Gasteiger partial charge in [-0.15, -0.1) is 0 Å². The van der Waals surface area contributed by atoms with Crippen molar-refractivity contribution >= 4 is 28.9 Å². The topological polar surface area (TPSA) is 135 Å². The maximum atomic E-state index is 13.2. The molecule has 5 rings (SSSR count). The van der Waals surface area contributed by atoms with Crippen LogP contribution in [0.25, 0.3) is 5.65 Å². The molecule has 3 aromatic rings. The molecule has 4 N–H and O–H groups in total. The van der Waals surface area contributed by atoms with Gasteiger partial charge in [0.25, 0.3) is 11.5 Å². The maximum Gasteiger partial charge on any atom is 0.274 e. The van der Waals surface area contributed by atoms with Crippen molar-refractivity contribution in [1.82, 2.24) is 24.5 Å². The first-order valence-corrected chi connectivity index (χ1v) is 12.0. The maximum absolute atomic E-state index is 13.2. The molecular weight excluding hydrogens is 450 g/mol. The fourth-order valence-electron chi connectivity index (χ4n) is 4.95. The van der Waals surface area contributed by atoms with Crippen LogP contribution in [0.3, 0.4) is 0 Å². The summed E-state index contributed by atoms with van der Waals surface area (Å²) in [4.78, 5) is 30.8. The van der Waals surface area contributed by atoms with Gasteiger partial charge in [-0.2, -0.15) is 9.61 Å². The van der Waals surface area contributed by atoms with E-state index in [4.69, 9.17) is 4.74 Å². The Bertz CT molecular complexity index is 1280. The van der Waals surface area contributed by atoms with Crippen LogP contribution in [-0.2, 0) is 4.74 Å². The Kier molecular flexibility index (Phi) is 6.44. The number of fused-ring (bicyclic) bond motifs is 1. The fraction of sp³-hybridized carbons (Fsp3) is 0.500. The summed E-state index contributed by atoms with van der Waals surface area (Å²) in [7, 11) is 3.40. The summed E-state index contributed by atoms with van der Waals surface area (Å²) in [5.41, 5.74) is 0.904. The van der Waals surface area contributed by atoms with Crippen LogP contribution < -0.4 is 21.5 Å². The Morgan fingerprint density at radius 3 is 2.83 bits per heavy atom. The highest BCUT2D eigenvalue weighted by atomic mass is 16.5. The number of carbonyl (C=O) groups is 1. The molecule has 0 unspecified atom stereocenters. The molecule has 35 heavy (non-hydrogen) atoms. The molecule has 1 amide bonds. The van der Waals surface area contributed by atoms with Crippen LogP contribution >= 0.6 is 0 Å². The third kappa shape index (κ3) is 4.48. The number of pyridine rings is 1. The minimum absolute atomic E-state index is 0.0179. The minimum Gasteiger partial charge on any atom is -0.393 e. The van der Waals surface area contributed by atoms with E-state index in [1.165, 1.54) is 6.20 Å². The number of nitrogens with zero attached hydrogens (tertiary/aromatic N) is 4. The van der Waals surface area contributed by atoms with Crippen LogP contribution in [0.15, 0.2) is 35.4 Å². The lowest BCUT2D eigenvalue weighted by atomic mass is 9.89. The first-order valence-electron chi connectivity index (χ1n) is 12.0. The Balaban J connectivity index is 1.44. The summed E-state index contributed by atoms with van der Waals surface area (Å²) in [5, 5.41) is 23.6. The van der Waals surface area contributed by atoms with E-state index >= 15 is 0 Å². The lowest BCUT2D eigenvalue weighted by Crippen LogP contribution is -2.51. The van der Waals surface area contributed by atoms with E-state index in [0.717, 1.165) is 32.1 Å². The summed E-state index contributed by atoms with van der Waals surface area (Å²) in [5.74, 6) is 0.756. The molecule has 4 atom stereocenters. The van der Waals surface area contributed by atoms with Crippen molar-refractivity contribution < 1.29 is 14.6 Å². The monoisotopic (exact) mass is 481 g/mol. The Hall–Kier alpha value is -3.44. The fourth-order valence-corrected chi connectivity index (χ4v) is 4.95. The highest BCUT2D eigenvalue weighted by Crippen LogP contribution is 2.28. The average Bonchev–Trinajstić information content (AvgIpc) is 3.27. The molecule has 2 fully saturated rings. The summed E-state index contributed by atoms with van der Waals surface area (Å²) in [6, 6.07) is 5.17. The first kappa shape index (κ1) is 23.3. The van der Waals surface area contributed by atoms with E-state index in [1.54, 1.807) is 41.6 Å². The van der Waals surface area contributed by atoms with Crippen LogP contribution in [0, 0.1) is 0 Å². The zero-order chi connectivity index (χ0) is 24.5. The van der Waals surface area contributed by atoms with Gasteiger partial charge >= 0.3 is 0 Å². The van der Waals surface area contributed by atoms with Crippen LogP contribution in [-0.4, -0.2) is 62.6 Å². The third-order valence-corrected chi connectivity index (χ3v) is 7.05. The van der Waals surface area contributed by atoms with Crippen LogP contribution in [0.1, 0.15) is 54.9 Å². The molecular formula is C24H31N7O4. The number of ether oxygens (including phenoxy) is 1. The van der Waals surface area contributed by atoms with E-state index < -0.39 is 0 Å². The lowest BCUT2D eigenvalue weighted by Gasteiger charge is -2.35. The summed E-state index contributed by atoms with van der Waals surface area (Å²) >= 11 is 0. The Morgan fingerprint density at radius 2 is 2.11 bits per heavy atom. The highest BCUT2D eigenvalue weighted by Gasteiger charge is 2.33. The molecule has 3 aromatic heterocycles. The van der Waals surface area contributed by atoms with E-state index in [1.807, 2.05) is 6.07 Å². The number of methoxy groups -OCH3 is 1. The highest BCUT2D eigenvalue weighted by molar-refractivity contribution is 6.00. The van der Waals surface area contributed by atoms with Gasteiger partial charge in [-0.3, -0.25) is 9.59 Å². The summed E-state index contributed by atoms with van der Waals surface area (Å²) in [6.45, 7) is 0. The number of rotatable bonds is 7. The molecule has 3 heterocycles. The quantitative estimate of drug-likeness (QED) is 0.403. The summed E-state index contributed by atoms with van der Waals surface area (Å²) < 4.78 is 8.62. The van der Waals surface area contributed by atoms with Gasteiger partial charge in [0.1, 0.15) is 22.9 Å². The molecule has 2 saturated carbocycles. The van der Waals surface area contributed by atoms with Crippen molar-refractivity contribution in [3.63, 3.8) is 0 Å². The second-order valence-electron chi connectivity index (χ2n) is 9.24. The predicted octanol–water partition coefficient (Wildman–Crippen LogP) is 2.06. The van der Waals surface area contributed by atoms with Crippen molar-refractivity contribution in [3.05, 3.63) is 46.5 Å². The standard InChI is InChI=1S/C24H31N7O4/c1-25-21-12-20(27-18-7-4-10-30(24(18)34)14-5-3-6-15(32)11-14)29-22-16(13-26-31(21)22)23(33)28-17-8-9-19(17)35-2/h4,7,10,12-15,17,19,25,32H,3,5-6,8-9,11H2,1-2H3,(H,27,29)(H,28,33)/t14-,15+,17+,19+/m1/s1. The molecule has 0 aliphatic heterocycles. The molecule has 0 spiro atoms. The van der Waals surface area contributed by atoms with Gasteiger partial charge in [0.15, 0.2) is 5.65 Å². The lowest BCUT2D eigenvalue weighted by molar-refractivity contribution is 0.00732. The molecule has 11 nitrogen and oxygen atoms in total. The Morgan fingerprint density at radius 1 is 1.26 bits per heavy atom. The zero-order valence-electron chi connectivity index (χ0n) is 19.9.